The van der Waals surface area contributed by atoms with Crippen molar-refractivity contribution in [1.29, 1.82) is 0 Å². The van der Waals surface area contributed by atoms with Gasteiger partial charge in [-0.2, -0.15) is 0 Å². The van der Waals surface area contributed by atoms with Gasteiger partial charge >= 0.3 is 5.97 Å². The van der Waals surface area contributed by atoms with E-state index in [1.807, 2.05) is 34.6 Å². The van der Waals surface area contributed by atoms with Gasteiger partial charge in [-0.3, -0.25) is 14.5 Å². The average Bonchev–Trinajstić information content (AvgIpc) is 2.36. The Morgan fingerprint density at radius 2 is 2.05 bits per heavy atom. The van der Waals surface area contributed by atoms with Crippen LogP contribution < -0.4 is 5.32 Å². The molecule has 1 aliphatic heterocycles. The fourth-order valence-electron chi connectivity index (χ4n) is 2.45. The zero-order valence-corrected chi connectivity index (χ0v) is 13.4. The normalized spacial score (nSPS) is 22.1. The molecule has 0 aliphatic carbocycles. The first-order valence-corrected chi connectivity index (χ1v) is 7.47. The number of piperidine rings is 1. The highest BCUT2D eigenvalue weighted by Crippen LogP contribution is 2.20. The summed E-state index contributed by atoms with van der Waals surface area (Å²) in [5.41, 5.74) is -0.234. The first kappa shape index (κ1) is 17.0. The molecule has 0 aromatic carbocycles. The van der Waals surface area contributed by atoms with Crippen LogP contribution in [0.25, 0.3) is 0 Å². The van der Waals surface area contributed by atoms with Crippen molar-refractivity contribution in [2.45, 2.75) is 59.0 Å². The monoisotopic (exact) mass is 284 g/mol. The maximum atomic E-state index is 12.2. The maximum Gasteiger partial charge on any atom is 0.310 e. The minimum absolute atomic E-state index is 0.0157. The molecule has 0 saturated carbocycles. The molecule has 0 radical (unpaired) electrons. The highest BCUT2D eigenvalue weighted by atomic mass is 16.5. The molecule has 5 heteroatoms. The van der Waals surface area contributed by atoms with Gasteiger partial charge in [0.1, 0.15) is 0 Å². The van der Waals surface area contributed by atoms with E-state index in [0.29, 0.717) is 13.2 Å². The van der Waals surface area contributed by atoms with Gasteiger partial charge in [-0.25, -0.2) is 0 Å². The van der Waals surface area contributed by atoms with Gasteiger partial charge in [0, 0.05) is 12.1 Å². The van der Waals surface area contributed by atoms with Crippen LogP contribution in [-0.4, -0.2) is 48.1 Å². The van der Waals surface area contributed by atoms with Crippen LogP contribution >= 0.6 is 0 Å². The summed E-state index contributed by atoms with van der Waals surface area (Å²) < 4.78 is 5.08. The lowest BCUT2D eigenvalue weighted by Crippen LogP contribution is -2.53. The lowest BCUT2D eigenvalue weighted by atomic mass is 9.96. The highest BCUT2D eigenvalue weighted by Gasteiger charge is 2.32. The summed E-state index contributed by atoms with van der Waals surface area (Å²) in [5.74, 6) is -0.226. The van der Waals surface area contributed by atoms with Crippen molar-refractivity contribution in [3.8, 4) is 0 Å². The van der Waals surface area contributed by atoms with Crippen LogP contribution in [0.3, 0.4) is 0 Å². The van der Waals surface area contributed by atoms with Crippen molar-refractivity contribution in [3.63, 3.8) is 0 Å². The van der Waals surface area contributed by atoms with Crippen molar-refractivity contribution < 1.29 is 14.3 Å². The standard InChI is InChI=1S/C15H28N2O3/c1-6-20-14(19)12-8-7-9-17(10-12)11(2)13(18)16-15(3,4)5/h11-12H,6-10H2,1-5H3,(H,16,18). The molecule has 1 amide bonds. The van der Waals surface area contributed by atoms with E-state index in [-0.39, 0.29) is 29.4 Å². The third-order valence-corrected chi connectivity index (χ3v) is 3.50. The highest BCUT2D eigenvalue weighted by molar-refractivity contribution is 5.82. The van der Waals surface area contributed by atoms with E-state index in [1.54, 1.807) is 0 Å². The van der Waals surface area contributed by atoms with Crippen LogP contribution in [0.4, 0.5) is 0 Å². The summed E-state index contributed by atoms with van der Waals surface area (Å²) in [6.07, 6.45) is 1.78. The number of esters is 1. The summed E-state index contributed by atoms with van der Waals surface area (Å²) in [7, 11) is 0. The van der Waals surface area contributed by atoms with E-state index in [1.165, 1.54) is 0 Å². The van der Waals surface area contributed by atoms with E-state index in [9.17, 15) is 9.59 Å². The minimum atomic E-state index is -0.234. The Morgan fingerprint density at radius 3 is 2.60 bits per heavy atom. The lowest BCUT2D eigenvalue weighted by Gasteiger charge is -2.36. The molecule has 1 heterocycles. The molecule has 1 saturated heterocycles. The second-order valence-electron chi connectivity index (χ2n) is 6.50. The molecule has 20 heavy (non-hydrogen) atoms. The molecule has 1 N–H and O–H groups in total. The number of amides is 1. The summed E-state index contributed by atoms with van der Waals surface area (Å²) in [6, 6.07) is -0.216. The van der Waals surface area contributed by atoms with Gasteiger partial charge in [-0.1, -0.05) is 0 Å². The molecule has 5 nitrogen and oxygen atoms in total. The summed E-state index contributed by atoms with van der Waals surface area (Å²) in [4.78, 5) is 26.1. The number of ether oxygens (including phenoxy) is 1. The Hall–Kier alpha value is -1.10. The van der Waals surface area contributed by atoms with E-state index in [4.69, 9.17) is 4.74 Å². The Kier molecular flexibility index (Phi) is 5.99. The SMILES string of the molecule is CCOC(=O)C1CCCN(C(C)C(=O)NC(C)(C)C)C1. The van der Waals surface area contributed by atoms with Crippen molar-refractivity contribution in [2.75, 3.05) is 19.7 Å². The zero-order chi connectivity index (χ0) is 15.3. The van der Waals surface area contributed by atoms with Gasteiger partial charge in [0.2, 0.25) is 5.91 Å². The molecule has 1 rings (SSSR count). The number of nitrogens with zero attached hydrogens (tertiary/aromatic N) is 1. The molecule has 0 aromatic rings. The Balaban J connectivity index is 2.58. The van der Waals surface area contributed by atoms with Crippen LogP contribution in [-0.2, 0) is 14.3 Å². The molecule has 2 atom stereocenters. The molecule has 0 aromatic heterocycles. The molecule has 0 bridgehead atoms. The first-order chi connectivity index (χ1) is 9.24. The Labute approximate surface area is 122 Å². The van der Waals surface area contributed by atoms with Crippen molar-refractivity contribution in [2.24, 2.45) is 5.92 Å². The molecule has 2 unspecified atom stereocenters. The van der Waals surface area contributed by atoms with Crippen LogP contribution in [0.5, 0.6) is 0 Å². The number of nitrogens with one attached hydrogen (secondary N) is 1. The maximum absolute atomic E-state index is 12.2. The first-order valence-electron chi connectivity index (χ1n) is 7.47. The minimum Gasteiger partial charge on any atom is -0.466 e. The summed E-state index contributed by atoms with van der Waals surface area (Å²) in [5, 5.41) is 2.99. The number of hydrogen-bond donors (Lipinski definition) is 1. The van der Waals surface area contributed by atoms with Crippen molar-refractivity contribution in [3.05, 3.63) is 0 Å². The molecule has 116 valence electrons. The molecule has 0 spiro atoms. The average molecular weight is 284 g/mol. The van der Waals surface area contributed by atoms with Crippen molar-refractivity contribution in [1.82, 2.24) is 10.2 Å². The number of carbonyl (C=O) groups excluding carboxylic acids is 2. The van der Waals surface area contributed by atoms with E-state index in [2.05, 4.69) is 10.2 Å². The van der Waals surface area contributed by atoms with Crippen LogP contribution in [0.2, 0.25) is 0 Å². The van der Waals surface area contributed by atoms with E-state index >= 15 is 0 Å². The van der Waals surface area contributed by atoms with Crippen LogP contribution in [0.1, 0.15) is 47.5 Å². The van der Waals surface area contributed by atoms with Crippen LogP contribution in [0, 0.1) is 5.92 Å². The fourth-order valence-corrected chi connectivity index (χ4v) is 2.45. The predicted molar refractivity (Wildman–Crippen MR) is 78.3 cm³/mol. The molecular formula is C15H28N2O3. The van der Waals surface area contributed by atoms with Crippen LogP contribution in [0.15, 0.2) is 0 Å². The van der Waals surface area contributed by atoms with Gasteiger partial charge in [-0.15, -0.1) is 0 Å². The number of hydrogen-bond acceptors (Lipinski definition) is 4. The number of likely N-dealkylation sites (tertiary alicyclic amines) is 1. The van der Waals surface area contributed by atoms with Gasteiger partial charge in [0.05, 0.1) is 18.6 Å². The Bertz CT molecular complexity index is 350. The smallest absolute Gasteiger partial charge is 0.310 e. The largest absolute Gasteiger partial charge is 0.466 e. The van der Waals surface area contributed by atoms with Gasteiger partial charge < -0.3 is 10.1 Å². The zero-order valence-electron chi connectivity index (χ0n) is 13.4. The van der Waals surface area contributed by atoms with Gasteiger partial charge in [0.25, 0.3) is 0 Å². The summed E-state index contributed by atoms with van der Waals surface area (Å²) >= 11 is 0. The third-order valence-electron chi connectivity index (χ3n) is 3.50. The molecule has 1 fully saturated rings. The third kappa shape index (κ3) is 5.12. The lowest BCUT2D eigenvalue weighted by molar-refractivity contribution is -0.151. The van der Waals surface area contributed by atoms with Gasteiger partial charge in [-0.05, 0) is 54.0 Å². The van der Waals surface area contributed by atoms with E-state index < -0.39 is 0 Å². The molecular weight excluding hydrogens is 256 g/mol. The van der Waals surface area contributed by atoms with Crippen molar-refractivity contribution >= 4 is 11.9 Å². The van der Waals surface area contributed by atoms with Gasteiger partial charge in [0.15, 0.2) is 0 Å². The number of rotatable bonds is 4. The quantitative estimate of drug-likeness (QED) is 0.796. The second-order valence-corrected chi connectivity index (χ2v) is 6.50. The number of carbonyl (C=O) groups is 2. The second kappa shape index (κ2) is 7.07. The summed E-state index contributed by atoms with van der Waals surface area (Å²) in [6.45, 7) is 11.5. The van der Waals surface area contributed by atoms with E-state index in [0.717, 1.165) is 19.4 Å². The fraction of sp³-hybridized carbons (Fsp3) is 0.867. The predicted octanol–water partition coefficient (Wildman–Crippen LogP) is 1.56. The topological polar surface area (TPSA) is 58.6 Å². The molecule has 1 aliphatic rings. The Morgan fingerprint density at radius 1 is 1.40 bits per heavy atom.